The molecular weight excluding hydrogens is 462 g/mol. The van der Waals surface area contributed by atoms with Gasteiger partial charge >= 0.3 is 0 Å². The van der Waals surface area contributed by atoms with Crippen molar-refractivity contribution in [1.29, 1.82) is 0 Å². The molecule has 10 nitrogen and oxygen atoms in total. The van der Waals surface area contributed by atoms with Gasteiger partial charge in [-0.3, -0.25) is 4.57 Å². The van der Waals surface area contributed by atoms with Crippen LogP contribution >= 0.6 is 11.6 Å². The van der Waals surface area contributed by atoms with Gasteiger partial charge in [0.25, 0.3) is 0 Å². The highest BCUT2D eigenvalue weighted by Crippen LogP contribution is 2.34. The van der Waals surface area contributed by atoms with E-state index >= 15 is 0 Å². The maximum atomic E-state index is 10.4. The van der Waals surface area contributed by atoms with Gasteiger partial charge in [-0.15, -0.1) is 0 Å². The summed E-state index contributed by atoms with van der Waals surface area (Å²) in [5.41, 5.74) is 3.18. The lowest BCUT2D eigenvalue weighted by Crippen LogP contribution is -2.33. The van der Waals surface area contributed by atoms with Crippen LogP contribution in [0.15, 0.2) is 30.6 Å². The standard InChI is InChI=1S/C23H28ClN5O5/c1-12-5-2-3-6-13(12)10-33-15-8-4-7-14(15)26-20-17-21(28-23(24)27-20)29(11-25-17)22-19(32)18(31)16(9-30)34-22/h2-3,5-6,11,14-16,18-19,22,30-32H,4,7-10H2,1H3,(H,26,27,28)/t14-,15?,16?,18+,19+,22?/m0/s1. The van der Waals surface area contributed by atoms with Crippen LogP contribution in [-0.2, 0) is 16.1 Å². The number of ether oxygens (including phenoxy) is 2. The van der Waals surface area contributed by atoms with Crippen molar-refractivity contribution < 1.29 is 24.8 Å². The number of imidazole rings is 1. The van der Waals surface area contributed by atoms with Gasteiger partial charge in [0.05, 0.1) is 31.7 Å². The van der Waals surface area contributed by atoms with E-state index in [2.05, 4.69) is 39.3 Å². The molecule has 0 spiro atoms. The third-order valence-electron chi connectivity index (χ3n) is 6.67. The highest BCUT2D eigenvalue weighted by molar-refractivity contribution is 6.28. The monoisotopic (exact) mass is 489 g/mol. The van der Waals surface area contributed by atoms with E-state index in [1.165, 1.54) is 16.5 Å². The summed E-state index contributed by atoms with van der Waals surface area (Å²) in [6.45, 7) is 2.19. The van der Waals surface area contributed by atoms with Crippen LogP contribution in [0.2, 0.25) is 5.28 Å². The van der Waals surface area contributed by atoms with Crippen molar-refractivity contribution in [2.45, 2.75) is 69.5 Å². The maximum absolute atomic E-state index is 10.4. The van der Waals surface area contributed by atoms with Gasteiger partial charge < -0.3 is 30.1 Å². The second-order valence-electron chi connectivity index (χ2n) is 8.85. The maximum Gasteiger partial charge on any atom is 0.226 e. The van der Waals surface area contributed by atoms with E-state index in [-0.39, 0.29) is 17.4 Å². The van der Waals surface area contributed by atoms with E-state index in [0.717, 1.165) is 24.8 Å². The van der Waals surface area contributed by atoms with E-state index in [1.807, 2.05) is 12.1 Å². The number of benzene rings is 1. The quantitative estimate of drug-likeness (QED) is 0.367. The van der Waals surface area contributed by atoms with Gasteiger partial charge in [0, 0.05) is 0 Å². The third-order valence-corrected chi connectivity index (χ3v) is 6.84. The number of aryl methyl sites for hydroxylation is 1. The average Bonchev–Trinajstić information content (AvgIpc) is 3.52. The fraction of sp³-hybridized carbons (Fsp3) is 0.522. The van der Waals surface area contributed by atoms with Crippen molar-refractivity contribution in [2.24, 2.45) is 0 Å². The van der Waals surface area contributed by atoms with Crippen molar-refractivity contribution in [3.8, 4) is 0 Å². The lowest BCUT2D eigenvalue weighted by molar-refractivity contribution is -0.0511. The van der Waals surface area contributed by atoms with Crippen molar-refractivity contribution in [1.82, 2.24) is 19.5 Å². The SMILES string of the molecule is Cc1ccccc1COC1CCC[C@@H]1Nc1nc(Cl)nc2c1ncn2C1OC(CO)[C@@H](O)[C@H]1O. The first-order chi connectivity index (χ1) is 16.5. The summed E-state index contributed by atoms with van der Waals surface area (Å²) in [5.74, 6) is 0.469. The van der Waals surface area contributed by atoms with Crippen molar-refractivity contribution in [2.75, 3.05) is 11.9 Å². The van der Waals surface area contributed by atoms with Crippen molar-refractivity contribution >= 4 is 28.6 Å². The molecule has 11 heteroatoms. The summed E-state index contributed by atoms with van der Waals surface area (Å²) in [7, 11) is 0. The van der Waals surface area contributed by atoms with Gasteiger partial charge in [-0.1, -0.05) is 24.3 Å². The molecule has 182 valence electrons. The first-order valence-electron chi connectivity index (χ1n) is 11.4. The number of halogens is 1. The minimum atomic E-state index is -1.26. The number of aliphatic hydroxyl groups excluding tert-OH is 3. The van der Waals surface area contributed by atoms with Crippen LogP contribution in [0.4, 0.5) is 5.82 Å². The Morgan fingerprint density at radius 3 is 2.79 bits per heavy atom. The van der Waals surface area contributed by atoms with E-state index in [1.54, 1.807) is 0 Å². The van der Waals surface area contributed by atoms with Crippen LogP contribution in [0.3, 0.4) is 0 Å². The molecule has 1 saturated carbocycles. The van der Waals surface area contributed by atoms with E-state index in [9.17, 15) is 15.3 Å². The van der Waals surface area contributed by atoms with Gasteiger partial charge in [-0.25, -0.2) is 4.98 Å². The Kier molecular flexibility index (Phi) is 6.70. The van der Waals surface area contributed by atoms with Crippen molar-refractivity contribution in [3.05, 3.63) is 47.0 Å². The molecule has 3 aromatic rings. The molecule has 2 aliphatic rings. The second kappa shape index (κ2) is 9.73. The van der Waals surface area contributed by atoms with Crippen LogP contribution in [0.5, 0.6) is 0 Å². The summed E-state index contributed by atoms with van der Waals surface area (Å²) in [6, 6.07) is 8.20. The highest BCUT2D eigenvalue weighted by Gasteiger charge is 2.44. The van der Waals surface area contributed by atoms with Crippen LogP contribution in [0, 0.1) is 6.92 Å². The number of rotatable bonds is 7. The Morgan fingerprint density at radius 2 is 2.03 bits per heavy atom. The predicted octanol–water partition coefficient (Wildman–Crippen LogP) is 1.95. The normalized spacial score (nSPS) is 29.2. The number of fused-ring (bicyclic) bond motifs is 1. The molecular formula is C23H28ClN5O5. The van der Waals surface area contributed by atoms with E-state index < -0.39 is 31.1 Å². The Balaban J connectivity index is 1.36. The summed E-state index contributed by atoms with van der Waals surface area (Å²) in [6.07, 6.45) is -0.0206. The topological polar surface area (TPSA) is 135 Å². The van der Waals surface area contributed by atoms with Crippen LogP contribution in [-0.4, -0.2) is 71.9 Å². The molecule has 3 unspecified atom stereocenters. The average molecular weight is 490 g/mol. The minimum absolute atomic E-state index is 0.00549. The lowest BCUT2D eigenvalue weighted by Gasteiger charge is -2.23. The fourth-order valence-corrected chi connectivity index (χ4v) is 4.89. The molecule has 4 N–H and O–H groups in total. The van der Waals surface area contributed by atoms with Crippen LogP contribution in [0.25, 0.3) is 11.2 Å². The number of aromatic nitrogens is 4. The van der Waals surface area contributed by atoms with Crippen LogP contribution in [0.1, 0.15) is 36.6 Å². The van der Waals surface area contributed by atoms with Crippen molar-refractivity contribution in [3.63, 3.8) is 0 Å². The molecule has 1 aliphatic carbocycles. The number of aliphatic hydroxyl groups is 3. The second-order valence-corrected chi connectivity index (χ2v) is 9.19. The minimum Gasteiger partial charge on any atom is -0.394 e. The number of nitrogens with zero attached hydrogens (tertiary/aromatic N) is 4. The zero-order valence-electron chi connectivity index (χ0n) is 18.7. The van der Waals surface area contributed by atoms with Gasteiger partial charge in [0.15, 0.2) is 23.2 Å². The van der Waals surface area contributed by atoms with Gasteiger partial charge in [-0.05, 0) is 48.9 Å². The Bertz CT molecular complexity index is 1160. The van der Waals surface area contributed by atoms with E-state index in [0.29, 0.717) is 23.6 Å². The molecule has 1 saturated heterocycles. The first-order valence-corrected chi connectivity index (χ1v) is 11.8. The van der Waals surface area contributed by atoms with Gasteiger partial charge in [0.1, 0.15) is 18.3 Å². The van der Waals surface area contributed by atoms with Gasteiger partial charge in [-0.2, -0.15) is 9.97 Å². The molecule has 0 amide bonds. The number of nitrogens with one attached hydrogen (secondary N) is 1. The van der Waals surface area contributed by atoms with Gasteiger partial charge in [0.2, 0.25) is 5.28 Å². The molecule has 6 atom stereocenters. The Hall–Kier alpha value is -2.34. The Morgan fingerprint density at radius 1 is 1.21 bits per heavy atom. The Labute approximate surface area is 201 Å². The number of hydrogen-bond acceptors (Lipinski definition) is 9. The number of anilines is 1. The molecule has 3 heterocycles. The fourth-order valence-electron chi connectivity index (χ4n) is 4.72. The first kappa shape index (κ1) is 23.4. The predicted molar refractivity (Wildman–Crippen MR) is 124 cm³/mol. The zero-order valence-corrected chi connectivity index (χ0v) is 19.5. The molecule has 5 rings (SSSR count). The molecule has 34 heavy (non-hydrogen) atoms. The largest absolute Gasteiger partial charge is 0.394 e. The molecule has 1 aromatic carbocycles. The third kappa shape index (κ3) is 4.37. The van der Waals surface area contributed by atoms with E-state index in [4.69, 9.17) is 21.1 Å². The smallest absolute Gasteiger partial charge is 0.226 e. The molecule has 2 aromatic heterocycles. The van der Waals surface area contributed by atoms with Crippen LogP contribution < -0.4 is 5.32 Å². The number of hydrogen-bond donors (Lipinski definition) is 4. The summed E-state index contributed by atoms with van der Waals surface area (Å²) in [4.78, 5) is 13.1. The molecule has 1 aliphatic heterocycles. The zero-order chi connectivity index (χ0) is 23.8. The summed E-state index contributed by atoms with van der Waals surface area (Å²) in [5, 5.41) is 33.4. The molecule has 0 radical (unpaired) electrons. The summed E-state index contributed by atoms with van der Waals surface area (Å²) < 4.78 is 13.4. The molecule has 2 fully saturated rings. The lowest BCUT2D eigenvalue weighted by atomic mass is 10.1. The molecule has 0 bridgehead atoms. The highest BCUT2D eigenvalue weighted by atomic mass is 35.5. The summed E-state index contributed by atoms with van der Waals surface area (Å²) >= 11 is 6.23.